The van der Waals surface area contributed by atoms with E-state index in [1.54, 1.807) is 18.1 Å². The summed E-state index contributed by atoms with van der Waals surface area (Å²) in [6, 6.07) is 0.286. The third-order valence-electron chi connectivity index (χ3n) is 2.57. The molecule has 1 N–H and O–H groups in total. The van der Waals surface area contributed by atoms with Crippen LogP contribution in [0.1, 0.15) is 25.2 Å². The highest BCUT2D eigenvalue weighted by Crippen LogP contribution is 2.25. The summed E-state index contributed by atoms with van der Waals surface area (Å²) in [7, 11) is 1.79. The summed E-state index contributed by atoms with van der Waals surface area (Å²) in [4.78, 5) is 12.8. The molecule has 102 valence electrons. The second-order valence-corrected chi connectivity index (χ2v) is 4.11. The van der Waals surface area contributed by atoms with Crippen LogP contribution >= 0.6 is 0 Å². The van der Waals surface area contributed by atoms with Crippen LogP contribution in [-0.4, -0.2) is 31.3 Å². The maximum absolute atomic E-state index is 5.63. The van der Waals surface area contributed by atoms with E-state index in [0.29, 0.717) is 5.88 Å². The Balaban J connectivity index is 2.35. The molecule has 0 saturated carbocycles. The largest absolute Gasteiger partial charge is 0.404 e. The number of hydrogen-bond acceptors (Lipinski definition) is 6. The minimum Gasteiger partial charge on any atom is -0.404 e. The van der Waals surface area contributed by atoms with Crippen LogP contribution < -0.4 is 10.1 Å². The van der Waals surface area contributed by atoms with E-state index < -0.39 is 0 Å². The Labute approximate surface area is 112 Å². The quantitative estimate of drug-likeness (QED) is 0.883. The first-order valence-electron chi connectivity index (χ1n) is 6.28. The first kappa shape index (κ1) is 13.3. The van der Waals surface area contributed by atoms with Crippen molar-refractivity contribution in [1.82, 2.24) is 24.7 Å². The van der Waals surface area contributed by atoms with Crippen molar-refractivity contribution < 1.29 is 4.74 Å². The fourth-order valence-electron chi connectivity index (χ4n) is 1.59. The molecule has 0 fully saturated rings. The lowest BCUT2D eigenvalue weighted by Gasteiger charge is -2.11. The van der Waals surface area contributed by atoms with Crippen LogP contribution in [0.4, 0.5) is 5.82 Å². The van der Waals surface area contributed by atoms with Crippen LogP contribution in [0, 0.1) is 6.92 Å². The van der Waals surface area contributed by atoms with Crippen LogP contribution in [0.3, 0.4) is 0 Å². The van der Waals surface area contributed by atoms with Gasteiger partial charge in [-0.25, -0.2) is 4.98 Å². The Bertz CT molecular complexity index is 565. The molecular weight excluding hydrogens is 244 g/mol. The Morgan fingerprint density at radius 3 is 2.68 bits per heavy atom. The van der Waals surface area contributed by atoms with Gasteiger partial charge in [-0.3, -0.25) is 4.68 Å². The van der Waals surface area contributed by atoms with Gasteiger partial charge in [-0.15, -0.1) is 5.10 Å². The van der Waals surface area contributed by atoms with E-state index in [1.807, 2.05) is 20.8 Å². The third-order valence-corrected chi connectivity index (χ3v) is 2.57. The van der Waals surface area contributed by atoms with Gasteiger partial charge in [0.1, 0.15) is 18.0 Å². The molecule has 0 atom stereocenters. The zero-order chi connectivity index (χ0) is 13.8. The normalized spacial score (nSPS) is 10.5. The molecule has 0 bridgehead atoms. The Hall–Kier alpha value is -2.18. The van der Waals surface area contributed by atoms with Gasteiger partial charge in [-0.2, -0.15) is 9.97 Å². The van der Waals surface area contributed by atoms with Crippen LogP contribution in [0.15, 0.2) is 6.33 Å². The Morgan fingerprint density at radius 2 is 2.11 bits per heavy atom. The van der Waals surface area contributed by atoms with Gasteiger partial charge in [-0.05, 0) is 13.8 Å². The molecule has 0 aliphatic carbocycles. The van der Waals surface area contributed by atoms with Gasteiger partial charge >= 0.3 is 6.01 Å². The van der Waals surface area contributed by atoms with Crippen molar-refractivity contribution in [3.8, 4) is 11.9 Å². The summed E-state index contributed by atoms with van der Waals surface area (Å²) in [6.07, 6.45) is 2.32. The highest BCUT2D eigenvalue weighted by molar-refractivity contribution is 5.49. The molecule has 0 saturated heterocycles. The molecular formula is C12H18N6O. The second kappa shape index (κ2) is 5.64. The lowest BCUT2D eigenvalue weighted by Crippen LogP contribution is -2.07. The fraction of sp³-hybridized carbons (Fsp3) is 0.500. The molecule has 0 aromatic carbocycles. The number of aromatic nitrogens is 5. The fourth-order valence-corrected chi connectivity index (χ4v) is 1.59. The van der Waals surface area contributed by atoms with Gasteiger partial charge in [0.05, 0.1) is 5.56 Å². The van der Waals surface area contributed by atoms with Gasteiger partial charge in [0, 0.05) is 20.0 Å². The molecule has 0 amide bonds. The van der Waals surface area contributed by atoms with E-state index in [2.05, 4.69) is 25.4 Å². The number of aryl methyl sites for hydroxylation is 2. The SMILES string of the molecule is CCNc1nc(CC)nc(Oc2ncn(C)n2)c1C. The molecule has 0 radical (unpaired) electrons. The van der Waals surface area contributed by atoms with Crippen molar-refractivity contribution in [3.05, 3.63) is 17.7 Å². The van der Waals surface area contributed by atoms with E-state index in [4.69, 9.17) is 4.74 Å². The van der Waals surface area contributed by atoms with Crippen molar-refractivity contribution in [1.29, 1.82) is 0 Å². The molecule has 2 heterocycles. The predicted octanol–water partition coefficient (Wildman–Crippen LogP) is 1.70. The summed E-state index contributed by atoms with van der Waals surface area (Å²) in [5.74, 6) is 2.02. The molecule has 0 aliphatic heterocycles. The van der Waals surface area contributed by atoms with Crippen molar-refractivity contribution in [2.75, 3.05) is 11.9 Å². The van der Waals surface area contributed by atoms with Gasteiger partial charge in [0.15, 0.2) is 0 Å². The Morgan fingerprint density at radius 1 is 1.32 bits per heavy atom. The van der Waals surface area contributed by atoms with E-state index in [1.165, 1.54) is 0 Å². The molecule has 7 nitrogen and oxygen atoms in total. The first-order chi connectivity index (χ1) is 9.13. The maximum Gasteiger partial charge on any atom is 0.342 e. The number of nitrogens with zero attached hydrogens (tertiary/aromatic N) is 5. The summed E-state index contributed by atoms with van der Waals surface area (Å²) in [5, 5.41) is 7.29. The topological polar surface area (TPSA) is 77.8 Å². The number of nitrogens with one attached hydrogen (secondary N) is 1. The number of rotatable bonds is 5. The number of anilines is 1. The van der Waals surface area contributed by atoms with Crippen molar-refractivity contribution in [3.63, 3.8) is 0 Å². The molecule has 2 rings (SSSR count). The zero-order valence-electron chi connectivity index (χ0n) is 11.6. The molecule has 0 aliphatic rings. The van der Waals surface area contributed by atoms with Gasteiger partial charge in [0.2, 0.25) is 5.88 Å². The lowest BCUT2D eigenvalue weighted by atomic mass is 10.3. The van der Waals surface area contributed by atoms with Crippen LogP contribution in [0.25, 0.3) is 0 Å². The molecule has 19 heavy (non-hydrogen) atoms. The smallest absolute Gasteiger partial charge is 0.342 e. The third kappa shape index (κ3) is 2.98. The zero-order valence-corrected chi connectivity index (χ0v) is 11.6. The molecule has 7 heteroatoms. The van der Waals surface area contributed by atoms with E-state index in [0.717, 1.165) is 30.2 Å². The van der Waals surface area contributed by atoms with Gasteiger partial charge in [0.25, 0.3) is 0 Å². The first-order valence-corrected chi connectivity index (χ1v) is 6.28. The van der Waals surface area contributed by atoms with Crippen molar-refractivity contribution in [2.24, 2.45) is 7.05 Å². The van der Waals surface area contributed by atoms with E-state index >= 15 is 0 Å². The predicted molar refractivity (Wildman–Crippen MR) is 71.4 cm³/mol. The minimum atomic E-state index is 0.286. The average Bonchev–Trinajstić information content (AvgIpc) is 2.80. The summed E-state index contributed by atoms with van der Waals surface area (Å²) in [6.45, 7) is 6.73. The molecule has 2 aromatic rings. The van der Waals surface area contributed by atoms with E-state index in [-0.39, 0.29) is 6.01 Å². The van der Waals surface area contributed by atoms with E-state index in [9.17, 15) is 0 Å². The standard InChI is InChI=1S/C12H18N6O/c1-5-9-15-10(13-6-2)8(3)11(16-9)19-12-14-7-18(4)17-12/h7H,5-6H2,1-4H3,(H,13,15,16). The average molecular weight is 262 g/mol. The molecule has 0 spiro atoms. The van der Waals surface area contributed by atoms with Crippen LogP contribution in [-0.2, 0) is 13.5 Å². The van der Waals surface area contributed by atoms with Crippen molar-refractivity contribution in [2.45, 2.75) is 27.2 Å². The number of ether oxygens (including phenoxy) is 1. The van der Waals surface area contributed by atoms with Crippen LogP contribution in [0.2, 0.25) is 0 Å². The highest BCUT2D eigenvalue weighted by atomic mass is 16.5. The minimum absolute atomic E-state index is 0.286. The highest BCUT2D eigenvalue weighted by Gasteiger charge is 2.13. The van der Waals surface area contributed by atoms with Crippen molar-refractivity contribution >= 4 is 5.82 Å². The molecule has 2 aromatic heterocycles. The second-order valence-electron chi connectivity index (χ2n) is 4.11. The lowest BCUT2D eigenvalue weighted by molar-refractivity contribution is 0.416. The molecule has 0 unspecified atom stereocenters. The number of hydrogen-bond donors (Lipinski definition) is 1. The monoisotopic (exact) mass is 262 g/mol. The summed E-state index contributed by atoms with van der Waals surface area (Å²) in [5.41, 5.74) is 0.853. The summed E-state index contributed by atoms with van der Waals surface area (Å²) < 4.78 is 7.21. The van der Waals surface area contributed by atoms with Gasteiger partial charge in [-0.1, -0.05) is 6.92 Å². The Kier molecular flexibility index (Phi) is 3.94. The van der Waals surface area contributed by atoms with Crippen LogP contribution in [0.5, 0.6) is 11.9 Å². The maximum atomic E-state index is 5.63. The summed E-state index contributed by atoms with van der Waals surface area (Å²) >= 11 is 0. The van der Waals surface area contributed by atoms with Gasteiger partial charge < -0.3 is 10.1 Å².